The Labute approximate surface area is 98.8 Å². The molecule has 2 saturated heterocycles. The minimum Gasteiger partial charge on any atom is -0.328 e. The summed E-state index contributed by atoms with van der Waals surface area (Å²) in [7, 11) is 1.96. The predicted molar refractivity (Wildman–Crippen MR) is 65.0 cm³/mol. The first-order chi connectivity index (χ1) is 7.28. The first-order valence-corrected chi connectivity index (χ1v) is 6.32. The predicted octanol–water partition coefficient (Wildman–Crippen LogP) is 2.08. The molecule has 0 N–H and O–H groups in total. The molecule has 0 radical (unpaired) electrons. The van der Waals surface area contributed by atoms with Gasteiger partial charge in [-0.3, -0.25) is 9.69 Å². The number of nitrogens with zero attached hydrogens (tertiary/aromatic N) is 2. The Morgan fingerprint density at radius 1 is 1.31 bits per heavy atom. The van der Waals surface area contributed by atoms with Crippen LogP contribution in [-0.2, 0) is 4.79 Å². The molecule has 0 saturated carbocycles. The Balaban J connectivity index is 2.38. The molecule has 2 rings (SSSR count). The van der Waals surface area contributed by atoms with Gasteiger partial charge in [0.15, 0.2) is 0 Å². The van der Waals surface area contributed by atoms with Gasteiger partial charge in [-0.05, 0) is 31.6 Å². The molecule has 2 aliphatic heterocycles. The normalized spacial score (nSPS) is 36.7. The fourth-order valence-electron chi connectivity index (χ4n) is 3.51. The van der Waals surface area contributed by atoms with E-state index in [4.69, 9.17) is 0 Å². The topological polar surface area (TPSA) is 23.6 Å². The third kappa shape index (κ3) is 1.48. The van der Waals surface area contributed by atoms with E-state index in [0.29, 0.717) is 5.91 Å². The number of piperidine rings is 1. The maximum atomic E-state index is 12.4. The van der Waals surface area contributed by atoms with Crippen LogP contribution in [0.1, 0.15) is 47.0 Å². The van der Waals surface area contributed by atoms with Crippen molar-refractivity contribution < 1.29 is 4.79 Å². The molecule has 0 unspecified atom stereocenters. The quantitative estimate of drug-likeness (QED) is 0.629. The fourth-order valence-corrected chi connectivity index (χ4v) is 3.51. The molecule has 0 bridgehead atoms. The van der Waals surface area contributed by atoms with Crippen molar-refractivity contribution in [2.75, 3.05) is 13.6 Å². The van der Waals surface area contributed by atoms with Gasteiger partial charge in [0.05, 0.1) is 11.7 Å². The number of carbonyl (C=O) groups is 1. The van der Waals surface area contributed by atoms with Gasteiger partial charge in [-0.15, -0.1) is 0 Å². The summed E-state index contributed by atoms with van der Waals surface area (Å²) in [5.74, 6) is 0.312. The van der Waals surface area contributed by atoms with Crippen molar-refractivity contribution in [1.82, 2.24) is 9.80 Å². The highest BCUT2D eigenvalue weighted by atomic mass is 16.2. The van der Waals surface area contributed by atoms with E-state index in [-0.39, 0.29) is 17.1 Å². The van der Waals surface area contributed by atoms with E-state index in [1.807, 2.05) is 11.9 Å². The molecule has 3 nitrogen and oxygen atoms in total. The number of carbonyl (C=O) groups excluding carboxylic acids is 1. The molecular weight excluding hydrogens is 200 g/mol. The number of hydrogen-bond donors (Lipinski definition) is 0. The Bertz CT molecular complexity index is 308. The molecule has 0 aliphatic carbocycles. The SMILES string of the molecule is CN1C(=O)[C@]2(C)CCCCN2[C@H]1C(C)(C)C. The van der Waals surface area contributed by atoms with Crippen LogP contribution < -0.4 is 0 Å². The summed E-state index contributed by atoms with van der Waals surface area (Å²) < 4.78 is 0. The van der Waals surface area contributed by atoms with E-state index in [1.54, 1.807) is 0 Å². The largest absolute Gasteiger partial charge is 0.328 e. The standard InChI is InChI=1S/C13H24N2O/c1-12(2,3)10-14(5)11(16)13(4)8-6-7-9-15(10)13/h10H,6-9H2,1-5H3/t10-,13-/m0/s1. The highest BCUT2D eigenvalue weighted by Crippen LogP contribution is 2.43. The van der Waals surface area contributed by atoms with Gasteiger partial charge in [-0.25, -0.2) is 0 Å². The van der Waals surface area contributed by atoms with Gasteiger partial charge in [-0.1, -0.05) is 20.8 Å². The average Bonchev–Trinajstić information content (AvgIpc) is 2.37. The maximum Gasteiger partial charge on any atom is 0.243 e. The van der Waals surface area contributed by atoms with Crippen molar-refractivity contribution in [3.8, 4) is 0 Å². The average molecular weight is 224 g/mol. The number of likely N-dealkylation sites (N-methyl/N-ethyl adjacent to an activating group) is 1. The second-order valence-electron chi connectivity index (χ2n) is 6.58. The summed E-state index contributed by atoms with van der Waals surface area (Å²) in [4.78, 5) is 16.8. The van der Waals surface area contributed by atoms with Crippen molar-refractivity contribution in [2.24, 2.45) is 5.41 Å². The number of fused-ring (bicyclic) bond motifs is 1. The van der Waals surface area contributed by atoms with Crippen LogP contribution in [0.25, 0.3) is 0 Å². The lowest BCUT2D eigenvalue weighted by Gasteiger charge is -2.44. The summed E-state index contributed by atoms with van der Waals surface area (Å²) in [6.45, 7) is 9.86. The molecular formula is C13H24N2O. The molecule has 0 aromatic rings. The van der Waals surface area contributed by atoms with Crippen molar-refractivity contribution in [2.45, 2.75) is 58.7 Å². The highest BCUT2D eigenvalue weighted by Gasteiger charge is 2.56. The third-order valence-electron chi connectivity index (χ3n) is 4.16. The summed E-state index contributed by atoms with van der Waals surface area (Å²) >= 11 is 0. The summed E-state index contributed by atoms with van der Waals surface area (Å²) in [5.41, 5.74) is -0.107. The van der Waals surface area contributed by atoms with Crippen molar-refractivity contribution in [3.05, 3.63) is 0 Å². The molecule has 1 amide bonds. The first kappa shape index (κ1) is 11.9. The highest BCUT2D eigenvalue weighted by molar-refractivity contribution is 5.88. The van der Waals surface area contributed by atoms with Crippen LogP contribution in [0.3, 0.4) is 0 Å². The van der Waals surface area contributed by atoms with E-state index in [2.05, 4.69) is 32.6 Å². The van der Waals surface area contributed by atoms with Crippen LogP contribution in [0.5, 0.6) is 0 Å². The zero-order valence-electron chi connectivity index (χ0n) is 11.2. The first-order valence-electron chi connectivity index (χ1n) is 6.32. The van der Waals surface area contributed by atoms with Crippen molar-refractivity contribution in [1.29, 1.82) is 0 Å². The lowest BCUT2D eigenvalue weighted by molar-refractivity contribution is -0.133. The molecule has 16 heavy (non-hydrogen) atoms. The van der Waals surface area contributed by atoms with Crippen LogP contribution in [-0.4, -0.2) is 41.0 Å². The second-order valence-corrected chi connectivity index (χ2v) is 6.58. The van der Waals surface area contributed by atoms with E-state index < -0.39 is 0 Å². The van der Waals surface area contributed by atoms with Gasteiger partial charge >= 0.3 is 0 Å². The zero-order chi connectivity index (χ0) is 12.1. The van der Waals surface area contributed by atoms with Crippen LogP contribution in [0.15, 0.2) is 0 Å². The lowest BCUT2D eigenvalue weighted by Crippen LogP contribution is -2.54. The van der Waals surface area contributed by atoms with E-state index in [9.17, 15) is 4.79 Å². The molecule has 2 heterocycles. The Morgan fingerprint density at radius 2 is 1.94 bits per heavy atom. The van der Waals surface area contributed by atoms with Crippen LogP contribution in [0.2, 0.25) is 0 Å². The van der Waals surface area contributed by atoms with E-state index >= 15 is 0 Å². The Morgan fingerprint density at radius 3 is 2.50 bits per heavy atom. The Hall–Kier alpha value is -0.570. The van der Waals surface area contributed by atoms with Gasteiger partial charge in [0.2, 0.25) is 5.91 Å². The number of rotatable bonds is 0. The lowest BCUT2D eigenvalue weighted by atomic mass is 9.86. The third-order valence-corrected chi connectivity index (χ3v) is 4.16. The van der Waals surface area contributed by atoms with E-state index in [1.165, 1.54) is 12.8 Å². The summed E-state index contributed by atoms with van der Waals surface area (Å²) in [6, 6.07) is 0. The molecule has 0 spiro atoms. The van der Waals surface area contributed by atoms with Gasteiger partial charge in [0.25, 0.3) is 0 Å². The monoisotopic (exact) mass is 224 g/mol. The van der Waals surface area contributed by atoms with Crippen LogP contribution in [0.4, 0.5) is 0 Å². The molecule has 3 heteroatoms. The van der Waals surface area contributed by atoms with Gasteiger partial charge in [0, 0.05) is 13.6 Å². The number of hydrogen-bond acceptors (Lipinski definition) is 2. The molecule has 2 atom stereocenters. The fraction of sp³-hybridized carbons (Fsp3) is 0.923. The van der Waals surface area contributed by atoms with Gasteiger partial charge in [0.1, 0.15) is 0 Å². The van der Waals surface area contributed by atoms with Crippen molar-refractivity contribution >= 4 is 5.91 Å². The molecule has 2 aliphatic rings. The van der Waals surface area contributed by atoms with Crippen LogP contribution >= 0.6 is 0 Å². The van der Waals surface area contributed by atoms with E-state index in [0.717, 1.165) is 13.0 Å². The molecule has 0 aromatic carbocycles. The van der Waals surface area contributed by atoms with Crippen molar-refractivity contribution in [3.63, 3.8) is 0 Å². The Kier molecular flexibility index (Phi) is 2.57. The van der Waals surface area contributed by atoms with Gasteiger partial charge < -0.3 is 4.90 Å². The molecule has 0 aromatic heterocycles. The molecule has 2 fully saturated rings. The molecule has 92 valence electrons. The summed E-state index contributed by atoms with van der Waals surface area (Å²) in [6.07, 6.45) is 3.68. The maximum absolute atomic E-state index is 12.4. The van der Waals surface area contributed by atoms with Crippen LogP contribution in [0, 0.1) is 5.41 Å². The smallest absolute Gasteiger partial charge is 0.243 e. The van der Waals surface area contributed by atoms with Gasteiger partial charge in [-0.2, -0.15) is 0 Å². The number of amides is 1. The second kappa shape index (κ2) is 3.46. The minimum atomic E-state index is -0.231. The summed E-state index contributed by atoms with van der Waals surface area (Å²) in [5, 5.41) is 0. The minimum absolute atomic E-state index is 0.125. The zero-order valence-corrected chi connectivity index (χ0v) is 11.2.